The first-order valence-electron chi connectivity index (χ1n) is 11.8. The lowest BCUT2D eigenvalue weighted by molar-refractivity contribution is -0.124. The van der Waals surface area contributed by atoms with E-state index in [1.165, 1.54) is 0 Å². The highest BCUT2D eigenvalue weighted by atomic mass is 16.5. The van der Waals surface area contributed by atoms with Gasteiger partial charge >= 0.3 is 5.97 Å². The summed E-state index contributed by atoms with van der Waals surface area (Å²) >= 11 is 0. The number of esters is 1. The van der Waals surface area contributed by atoms with Crippen LogP contribution in [0.2, 0.25) is 0 Å². The van der Waals surface area contributed by atoms with Crippen LogP contribution in [0, 0.1) is 13.8 Å². The van der Waals surface area contributed by atoms with Crippen LogP contribution >= 0.6 is 0 Å². The quantitative estimate of drug-likeness (QED) is 0.334. The number of benzene rings is 3. The van der Waals surface area contributed by atoms with Crippen molar-refractivity contribution in [3.8, 4) is 5.75 Å². The molecule has 0 fully saturated rings. The molecule has 0 spiro atoms. The van der Waals surface area contributed by atoms with Gasteiger partial charge in [0.1, 0.15) is 17.9 Å². The van der Waals surface area contributed by atoms with Crippen molar-refractivity contribution in [1.29, 1.82) is 0 Å². The van der Waals surface area contributed by atoms with Crippen LogP contribution < -0.4 is 10.1 Å². The van der Waals surface area contributed by atoms with Crippen LogP contribution in [0.1, 0.15) is 38.4 Å². The smallest absolute Gasteiger partial charge is 0.342 e. The maximum absolute atomic E-state index is 12.6. The summed E-state index contributed by atoms with van der Waals surface area (Å²) in [6, 6.07) is 26.6. The summed E-state index contributed by atoms with van der Waals surface area (Å²) in [4.78, 5) is 25.1. The Labute approximate surface area is 210 Å². The Balaban J connectivity index is 1.30. The molecular formula is C29H29N3O4. The third kappa shape index (κ3) is 6.39. The molecule has 0 aliphatic heterocycles. The highest BCUT2D eigenvalue weighted by Gasteiger charge is 2.17. The van der Waals surface area contributed by atoms with Gasteiger partial charge in [0.2, 0.25) is 0 Å². The summed E-state index contributed by atoms with van der Waals surface area (Å²) in [5.74, 6) is -0.596. The van der Waals surface area contributed by atoms with Gasteiger partial charge in [-0.15, -0.1) is 0 Å². The molecule has 0 aliphatic rings. The Morgan fingerprint density at radius 2 is 1.50 bits per heavy atom. The fourth-order valence-electron chi connectivity index (χ4n) is 3.84. The Morgan fingerprint density at radius 1 is 0.861 bits per heavy atom. The first-order valence-corrected chi connectivity index (χ1v) is 11.8. The zero-order valence-corrected chi connectivity index (χ0v) is 20.4. The van der Waals surface area contributed by atoms with Crippen LogP contribution in [0.5, 0.6) is 5.75 Å². The van der Waals surface area contributed by atoms with Crippen molar-refractivity contribution in [1.82, 2.24) is 15.1 Å². The van der Waals surface area contributed by atoms with E-state index in [1.54, 1.807) is 24.3 Å². The largest absolute Gasteiger partial charge is 0.488 e. The fourth-order valence-corrected chi connectivity index (χ4v) is 3.84. The Hall–Kier alpha value is -4.39. The number of carbonyl (C=O) groups excluding carboxylic acids is 2. The van der Waals surface area contributed by atoms with Crippen LogP contribution in [0.25, 0.3) is 0 Å². The molecule has 1 amide bonds. The number of ether oxygens (including phenoxy) is 2. The number of hydrogen-bond donors (Lipinski definition) is 1. The van der Waals surface area contributed by atoms with Crippen LogP contribution in [0.3, 0.4) is 0 Å². The molecule has 0 bridgehead atoms. The predicted molar refractivity (Wildman–Crippen MR) is 137 cm³/mol. The fraction of sp³-hybridized carbons (Fsp3) is 0.207. The molecule has 0 aliphatic carbocycles. The number of aryl methyl sites for hydroxylation is 1. The van der Waals surface area contributed by atoms with Gasteiger partial charge in [0.05, 0.1) is 12.2 Å². The molecule has 4 aromatic rings. The van der Waals surface area contributed by atoms with E-state index in [0.717, 1.165) is 28.1 Å². The van der Waals surface area contributed by atoms with E-state index in [2.05, 4.69) is 22.5 Å². The van der Waals surface area contributed by atoms with Crippen molar-refractivity contribution >= 4 is 11.9 Å². The number of nitrogens with zero attached hydrogens (tertiary/aromatic N) is 2. The van der Waals surface area contributed by atoms with Crippen molar-refractivity contribution < 1.29 is 19.1 Å². The van der Waals surface area contributed by atoms with Crippen LogP contribution in [-0.4, -0.2) is 28.3 Å². The van der Waals surface area contributed by atoms with E-state index in [9.17, 15) is 9.59 Å². The molecule has 7 nitrogen and oxygen atoms in total. The lowest BCUT2D eigenvalue weighted by atomic mass is 10.2. The van der Waals surface area contributed by atoms with E-state index < -0.39 is 5.97 Å². The van der Waals surface area contributed by atoms with E-state index in [0.29, 0.717) is 25.4 Å². The third-order valence-electron chi connectivity index (χ3n) is 5.85. The van der Waals surface area contributed by atoms with Gasteiger partial charge in [0.25, 0.3) is 5.91 Å². The van der Waals surface area contributed by atoms with E-state index in [-0.39, 0.29) is 18.1 Å². The Morgan fingerprint density at radius 3 is 2.22 bits per heavy atom. The first kappa shape index (κ1) is 24.7. The van der Waals surface area contributed by atoms with Gasteiger partial charge in [0.15, 0.2) is 6.61 Å². The van der Waals surface area contributed by atoms with E-state index >= 15 is 0 Å². The predicted octanol–water partition coefficient (Wildman–Crippen LogP) is 4.60. The zero-order valence-electron chi connectivity index (χ0n) is 20.4. The summed E-state index contributed by atoms with van der Waals surface area (Å²) in [6.45, 7) is 4.80. The summed E-state index contributed by atoms with van der Waals surface area (Å²) in [6.07, 6.45) is 0. The van der Waals surface area contributed by atoms with Gasteiger partial charge < -0.3 is 14.8 Å². The molecule has 7 heteroatoms. The van der Waals surface area contributed by atoms with Gasteiger partial charge in [0, 0.05) is 17.8 Å². The minimum atomic E-state index is -0.614. The Bertz CT molecular complexity index is 1320. The molecule has 0 saturated heterocycles. The standard InChI is InChI=1S/C29H29N3O4/c1-21-26(22(2)32(31-21)18-23-11-5-3-6-12-23)17-30-28(33)20-36-29(34)25-15-9-10-16-27(25)35-19-24-13-7-4-8-14-24/h3-16H,17-20H2,1-2H3,(H,30,33). The normalized spacial score (nSPS) is 10.6. The van der Waals surface area contributed by atoms with Crippen LogP contribution in [0.4, 0.5) is 0 Å². The third-order valence-corrected chi connectivity index (χ3v) is 5.85. The van der Waals surface area contributed by atoms with Gasteiger partial charge in [-0.3, -0.25) is 9.48 Å². The lowest BCUT2D eigenvalue weighted by Gasteiger charge is -2.11. The number of amides is 1. The summed E-state index contributed by atoms with van der Waals surface area (Å²) in [5, 5.41) is 7.44. The summed E-state index contributed by atoms with van der Waals surface area (Å²) in [7, 11) is 0. The monoisotopic (exact) mass is 483 g/mol. The lowest BCUT2D eigenvalue weighted by Crippen LogP contribution is -2.28. The second-order valence-corrected chi connectivity index (χ2v) is 8.42. The first-order chi connectivity index (χ1) is 17.5. The van der Waals surface area contributed by atoms with Crippen LogP contribution in [0.15, 0.2) is 84.9 Å². The highest BCUT2D eigenvalue weighted by molar-refractivity contribution is 5.94. The number of nitrogens with one attached hydrogen (secondary N) is 1. The van der Waals surface area contributed by atoms with E-state index in [1.807, 2.05) is 67.1 Å². The second-order valence-electron chi connectivity index (χ2n) is 8.42. The molecule has 1 N–H and O–H groups in total. The average molecular weight is 484 g/mol. The minimum absolute atomic E-state index is 0.273. The zero-order chi connectivity index (χ0) is 25.3. The highest BCUT2D eigenvalue weighted by Crippen LogP contribution is 2.20. The molecule has 0 unspecified atom stereocenters. The average Bonchev–Trinajstić information content (AvgIpc) is 3.17. The number of para-hydroxylation sites is 1. The van der Waals surface area contributed by atoms with Gasteiger partial charge in [-0.25, -0.2) is 4.79 Å². The molecule has 36 heavy (non-hydrogen) atoms. The molecule has 184 valence electrons. The Kier molecular flexibility index (Phi) is 8.13. The van der Waals surface area contributed by atoms with Crippen molar-refractivity contribution in [2.75, 3.05) is 6.61 Å². The molecule has 1 aromatic heterocycles. The topological polar surface area (TPSA) is 82.5 Å². The second kappa shape index (κ2) is 11.8. The van der Waals surface area contributed by atoms with Crippen molar-refractivity contribution in [3.05, 3.63) is 119 Å². The number of rotatable bonds is 10. The van der Waals surface area contributed by atoms with Crippen molar-refractivity contribution in [3.63, 3.8) is 0 Å². The molecule has 1 heterocycles. The molecule has 0 radical (unpaired) electrons. The maximum atomic E-state index is 12.6. The molecule has 0 atom stereocenters. The molecule has 3 aromatic carbocycles. The number of hydrogen-bond acceptors (Lipinski definition) is 5. The summed E-state index contributed by atoms with van der Waals surface area (Å²) < 4.78 is 13.0. The van der Waals surface area contributed by atoms with Crippen LogP contribution in [-0.2, 0) is 29.2 Å². The number of carbonyl (C=O) groups is 2. The molecule has 0 saturated carbocycles. The molecular weight excluding hydrogens is 454 g/mol. The van der Waals surface area contributed by atoms with Gasteiger partial charge in [-0.1, -0.05) is 72.8 Å². The van der Waals surface area contributed by atoms with Crippen molar-refractivity contribution in [2.45, 2.75) is 33.5 Å². The minimum Gasteiger partial charge on any atom is -0.488 e. The van der Waals surface area contributed by atoms with E-state index in [4.69, 9.17) is 9.47 Å². The maximum Gasteiger partial charge on any atom is 0.342 e. The number of aromatic nitrogens is 2. The van der Waals surface area contributed by atoms with Gasteiger partial charge in [-0.2, -0.15) is 5.10 Å². The van der Waals surface area contributed by atoms with Gasteiger partial charge in [-0.05, 0) is 37.1 Å². The SMILES string of the molecule is Cc1nn(Cc2ccccc2)c(C)c1CNC(=O)COC(=O)c1ccccc1OCc1ccccc1. The molecule has 4 rings (SSSR count). The summed E-state index contributed by atoms with van der Waals surface area (Å²) in [5.41, 5.74) is 5.19. The van der Waals surface area contributed by atoms with Crippen molar-refractivity contribution in [2.24, 2.45) is 0 Å².